The quantitative estimate of drug-likeness (QED) is 0.856. The number of carbonyl (C=O) groups is 1. The molecule has 0 bridgehead atoms. The third-order valence-corrected chi connectivity index (χ3v) is 2.45. The van der Waals surface area contributed by atoms with Crippen molar-refractivity contribution in [3.8, 4) is 6.07 Å². The van der Waals surface area contributed by atoms with E-state index in [1.165, 1.54) is 0 Å². The van der Waals surface area contributed by atoms with Crippen LogP contribution < -0.4 is 0 Å². The second-order valence-electron chi connectivity index (χ2n) is 3.13. The number of benzene rings is 1. The molecule has 1 aromatic carbocycles. The van der Waals surface area contributed by atoms with E-state index in [2.05, 4.69) is 0 Å². The lowest BCUT2D eigenvalue weighted by Crippen LogP contribution is -2.04. The Balaban J connectivity index is 3.27. The maximum absolute atomic E-state index is 10.6. The summed E-state index contributed by atoms with van der Waals surface area (Å²) in [6.45, 7) is 1.90. The standard InChI is InChI=1S/C11H10ClNO2/c1-2-9-8(5-11(14)15)3-7(6-13)4-10(9)12/h3-4H,2,5H2,1H3,(H,14,15). The first-order valence-corrected chi connectivity index (χ1v) is 4.89. The van der Waals surface area contributed by atoms with Gasteiger partial charge in [-0.05, 0) is 29.7 Å². The van der Waals surface area contributed by atoms with E-state index in [0.29, 0.717) is 22.6 Å². The van der Waals surface area contributed by atoms with E-state index in [9.17, 15) is 4.79 Å². The number of rotatable bonds is 3. The summed E-state index contributed by atoms with van der Waals surface area (Å²) in [4.78, 5) is 10.6. The van der Waals surface area contributed by atoms with Crippen molar-refractivity contribution in [2.75, 3.05) is 0 Å². The summed E-state index contributed by atoms with van der Waals surface area (Å²) in [6.07, 6.45) is 0.561. The number of hydrogen-bond acceptors (Lipinski definition) is 2. The van der Waals surface area contributed by atoms with Crippen LogP contribution in [-0.2, 0) is 17.6 Å². The van der Waals surface area contributed by atoms with Crippen LogP contribution in [0.1, 0.15) is 23.6 Å². The predicted octanol–water partition coefficient (Wildman–Crippen LogP) is 2.40. The summed E-state index contributed by atoms with van der Waals surface area (Å²) in [5.74, 6) is -0.921. The van der Waals surface area contributed by atoms with Crippen LogP contribution in [0.2, 0.25) is 5.02 Å². The molecule has 0 atom stereocenters. The van der Waals surface area contributed by atoms with Gasteiger partial charge in [-0.25, -0.2) is 0 Å². The minimum Gasteiger partial charge on any atom is -0.481 e. The zero-order valence-electron chi connectivity index (χ0n) is 8.25. The van der Waals surface area contributed by atoms with Gasteiger partial charge in [0.2, 0.25) is 0 Å². The van der Waals surface area contributed by atoms with Gasteiger partial charge in [-0.2, -0.15) is 5.26 Å². The first kappa shape index (κ1) is 11.5. The number of carboxylic acid groups (broad SMARTS) is 1. The molecular weight excluding hydrogens is 214 g/mol. The lowest BCUT2D eigenvalue weighted by Gasteiger charge is -2.08. The van der Waals surface area contributed by atoms with Crippen molar-refractivity contribution >= 4 is 17.6 Å². The Morgan fingerprint density at radius 2 is 2.27 bits per heavy atom. The highest BCUT2D eigenvalue weighted by molar-refractivity contribution is 6.31. The minimum atomic E-state index is -0.921. The Morgan fingerprint density at radius 3 is 2.73 bits per heavy atom. The molecule has 0 aliphatic carbocycles. The zero-order chi connectivity index (χ0) is 11.4. The van der Waals surface area contributed by atoms with Crippen molar-refractivity contribution in [1.82, 2.24) is 0 Å². The van der Waals surface area contributed by atoms with E-state index >= 15 is 0 Å². The zero-order valence-corrected chi connectivity index (χ0v) is 9.01. The van der Waals surface area contributed by atoms with Crippen LogP contribution in [0.3, 0.4) is 0 Å². The van der Waals surface area contributed by atoms with E-state index in [1.54, 1.807) is 12.1 Å². The van der Waals surface area contributed by atoms with Gasteiger partial charge in [0.25, 0.3) is 0 Å². The smallest absolute Gasteiger partial charge is 0.307 e. The predicted molar refractivity (Wildman–Crippen MR) is 56.9 cm³/mol. The second-order valence-corrected chi connectivity index (χ2v) is 3.54. The normalized spacial score (nSPS) is 9.67. The molecule has 3 nitrogen and oxygen atoms in total. The molecule has 0 saturated heterocycles. The van der Waals surface area contributed by atoms with Gasteiger partial charge in [-0.3, -0.25) is 4.79 Å². The van der Waals surface area contributed by atoms with Gasteiger partial charge in [0, 0.05) is 5.02 Å². The van der Waals surface area contributed by atoms with Gasteiger partial charge in [-0.1, -0.05) is 18.5 Å². The molecule has 0 amide bonds. The van der Waals surface area contributed by atoms with Crippen molar-refractivity contribution in [2.45, 2.75) is 19.8 Å². The number of hydrogen-bond donors (Lipinski definition) is 1. The third kappa shape index (κ3) is 2.71. The molecule has 0 spiro atoms. The van der Waals surface area contributed by atoms with Gasteiger partial charge < -0.3 is 5.11 Å². The fourth-order valence-electron chi connectivity index (χ4n) is 1.47. The third-order valence-electron chi connectivity index (χ3n) is 2.11. The van der Waals surface area contributed by atoms with Gasteiger partial charge in [0.05, 0.1) is 18.1 Å². The molecule has 78 valence electrons. The molecular formula is C11H10ClNO2. The lowest BCUT2D eigenvalue weighted by atomic mass is 10.00. The topological polar surface area (TPSA) is 61.1 Å². The maximum Gasteiger partial charge on any atom is 0.307 e. The molecule has 1 rings (SSSR count). The summed E-state index contributed by atoms with van der Waals surface area (Å²) in [6, 6.07) is 5.10. The molecule has 1 N–H and O–H groups in total. The Bertz CT molecular complexity index is 435. The van der Waals surface area contributed by atoms with Gasteiger partial charge in [0.15, 0.2) is 0 Å². The Morgan fingerprint density at radius 1 is 1.60 bits per heavy atom. The van der Waals surface area contributed by atoms with Crippen LogP contribution >= 0.6 is 11.6 Å². The van der Waals surface area contributed by atoms with E-state index in [-0.39, 0.29) is 6.42 Å². The highest BCUT2D eigenvalue weighted by Gasteiger charge is 2.10. The summed E-state index contributed by atoms with van der Waals surface area (Å²) in [5.41, 5.74) is 1.82. The van der Waals surface area contributed by atoms with E-state index < -0.39 is 5.97 Å². The van der Waals surface area contributed by atoms with Gasteiger partial charge in [0.1, 0.15) is 0 Å². The fraction of sp³-hybridized carbons (Fsp3) is 0.273. The van der Waals surface area contributed by atoms with E-state index in [4.69, 9.17) is 22.0 Å². The molecule has 4 heteroatoms. The molecule has 0 aromatic heterocycles. The van der Waals surface area contributed by atoms with Crippen molar-refractivity contribution in [3.63, 3.8) is 0 Å². The highest BCUT2D eigenvalue weighted by Crippen LogP contribution is 2.23. The van der Waals surface area contributed by atoms with E-state index in [0.717, 1.165) is 5.56 Å². The van der Waals surface area contributed by atoms with Gasteiger partial charge >= 0.3 is 5.97 Å². The summed E-state index contributed by atoms with van der Waals surface area (Å²) in [7, 11) is 0. The number of aliphatic carboxylic acids is 1. The van der Waals surface area contributed by atoms with Crippen LogP contribution in [0.5, 0.6) is 0 Å². The summed E-state index contributed by atoms with van der Waals surface area (Å²) < 4.78 is 0. The number of nitrogens with zero attached hydrogens (tertiary/aromatic N) is 1. The molecule has 1 aromatic rings. The molecule has 15 heavy (non-hydrogen) atoms. The monoisotopic (exact) mass is 223 g/mol. The van der Waals surface area contributed by atoms with Crippen molar-refractivity contribution in [1.29, 1.82) is 5.26 Å². The van der Waals surface area contributed by atoms with Crippen LogP contribution in [0.15, 0.2) is 12.1 Å². The average Bonchev–Trinajstić information content (AvgIpc) is 2.16. The van der Waals surface area contributed by atoms with Crippen LogP contribution in [0.25, 0.3) is 0 Å². The molecule has 0 fully saturated rings. The van der Waals surface area contributed by atoms with Crippen LogP contribution in [0.4, 0.5) is 0 Å². The Kier molecular flexibility index (Phi) is 3.70. The first-order chi connectivity index (χ1) is 7.08. The maximum atomic E-state index is 10.6. The molecule has 0 unspecified atom stereocenters. The second kappa shape index (κ2) is 4.81. The van der Waals surface area contributed by atoms with Gasteiger partial charge in [-0.15, -0.1) is 0 Å². The van der Waals surface area contributed by atoms with Crippen LogP contribution in [-0.4, -0.2) is 11.1 Å². The molecule has 0 aliphatic heterocycles. The number of halogens is 1. The van der Waals surface area contributed by atoms with Crippen LogP contribution in [0, 0.1) is 11.3 Å². The van der Waals surface area contributed by atoms with Crippen molar-refractivity contribution in [2.24, 2.45) is 0 Å². The largest absolute Gasteiger partial charge is 0.481 e. The molecule has 0 saturated carbocycles. The molecule has 0 radical (unpaired) electrons. The van der Waals surface area contributed by atoms with Crippen molar-refractivity contribution < 1.29 is 9.90 Å². The average molecular weight is 224 g/mol. The van der Waals surface area contributed by atoms with Crippen molar-refractivity contribution in [3.05, 3.63) is 33.8 Å². The number of nitriles is 1. The van der Waals surface area contributed by atoms with E-state index in [1.807, 2.05) is 13.0 Å². The molecule has 0 aliphatic rings. The highest BCUT2D eigenvalue weighted by atomic mass is 35.5. The SMILES string of the molecule is CCc1c(Cl)cc(C#N)cc1CC(=O)O. The Labute approximate surface area is 92.9 Å². The summed E-state index contributed by atoms with van der Waals surface area (Å²) in [5, 5.41) is 17.9. The Hall–Kier alpha value is -1.53. The minimum absolute atomic E-state index is 0.0988. The molecule has 0 heterocycles. The number of carboxylic acids is 1. The first-order valence-electron chi connectivity index (χ1n) is 4.51. The lowest BCUT2D eigenvalue weighted by molar-refractivity contribution is -0.136. The fourth-order valence-corrected chi connectivity index (χ4v) is 1.85. The summed E-state index contributed by atoms with van der Waals surface area (Å²) >= 11 is 5.95.